The number of carbonyl (C=O) groups excluding carboxylic acids is 2. The predicted octanol–water partition coefficient (Wildman–Crippen LogP) is 0.696. The fourth-order valence-electron chi connectivity index (χ4n) is 5.29. The van der Waals surface area contributed by atoms with E-state index in [0.29, 0.717) is 22.8 Å². The summed E-state index contributed by atoms with van der Waals surface area (Å²) < 4.78 is 16.3. The maximum atomic E-state index is 15.2. The molecule has 0 aliphatic carbocycles. The lowest BCUT2D eigenvalue weighted by Gasteiger charge is -2.41. The van der Waals surface area contributed by atoms with Crippen molar-refractivity contribution in [3.63, 3.8) is 0 Å². The molecule has 2 N–H and O–H groups in total. The van der Waals surface area contributed by atoms with E-state index in [-0.39, 0.29) is 24.1 Å². The van der Waals surface area contributed by atoms with Gasteiger partial charge in [-0.3, -0.25) is 24.6 Å². The van der Waals surface area contributed by atoms with Gasteiger partial charge in [0.1, 0.15) is 11.9 Å². The first-order valence-corrected chi connectivity index (χ1v) is 11.7. The quantitative estimate of drug-likeness (QED) is 0.656. The van der Waals surface area contributed by atoms with Crippen LogP contribution in [-0.2, 0) is 9.59 Å². The molecular weight excluding hydrogens is 427 g/mol. The van der Waals surface area contributed by atoms with Crippen LogP contribution in [0.15, 0.2) is 16.9 Å². The Morgan fingerprint density at radius 1 is 1.00 bits per heavy atom. The van der Waals surface area contributed by atoms with Crippen molar-refractivity contribution in [1.82, 2.24) is 25.3 Å². The number of hydrogen-bond acceptors (Lipinski definition) is 7. The van der Waals surface area contributed by atoms with Gasteiger partial charge in [0, 0.05) is 44.0 Å². The van der Waals surface area contributed by atoms with E-state index in [1.807, 2.05) is 4.90 Å². The number of benzene rings is 1. The molecule has 3 saturated heterocycles. The first-order chi connectivity index (χ1) is 15.9. The van der Waals surface area contributed by atoms with Crippen LogP contribution in [0, 0.1) is 12.7 Å². The molecule has 1 atom stereocenters. The zero-order chi connectivity index (χ0) is 23.1. The van der Waals surface area contributed by atoms with Crippen molar-refractivity contribution in [2.24, 2.45) is 0 Å². The number of fused-ring (bicyclic) bond motifs is 1. The highest BCUT2D eigenvalue weighted by atomic mass is 19.1. The summed E-state index contributed by atoms with van der Waals surface area (Å²) in [7, 11) is 0. The van der Waals surface area contributed by atoms with Crippen LogP contribution in [0.2, 0.25) is 0 Å². The monoisotopic (exact) mass is 456 g/mol. The number of nitrogens with zero attached hydrogens (tertiary/aromatic N) is 4. The molecule has 33 heavy (non-hydrogen) atoms. The fraction of sp³-hybridized carbons (Fsp3) is 0.565. The summed E-state index contributed by atoms with van der Waals surface area (Å²) in [6.07, 6.45) is 2.63. The predicted molar refractivity (Wildman–Crippen MR) is 122 cm³/mol. The molecule has 0 bridgehead atoms. The number of anilines is 1. The average Bonchev–Trinajstić information content (AvgIpc) is 2.82. The molecule has 10 heteroatoms. The zero-order valence-corrected chi connectivity index (χ0v) is 18.8. The number of rotatable bonds is 3. The molecule has 2 amide bonds. The molecule has 0 spiro atoms. The third-order valence-corrected chi connectivity index (χ3v) is 7.16. The van der Waals surface area contributed by atoms with Gasteiger partial charge in [-0.05, 0) is 51.4 Å². The second kappa shape index (κ2) is 8.83. The molecule has 9 nitrogen and oxygen atoms in total. The molecule has 3 fully saturated rings. The van der Waals surface area contributed by atoms with E-state index < -0.39 is 23.3 Å². The number of nitrogens with one attached hydrogen (secondary N) is 2. The number of imide groups is 1. The second-order valence-corrected chi connectivity index (χ2v) is 9.16. The highest BCUT2D eigenvalue weighted by molar-refractivity contribution is 5.99. The number of piperidine rings is 2. The van der Waals surface area contributed by atoms with Gasteiger partial charge in [-0.25, -0.2) is 9.07 Å². The van der Waals surface area contributed by atoms with Crippen molar-refractivity contribution in [3.8, 4) is 0 Å². The Morgan fingerprint density at radius 2 is 1.73 bits per heavy atom. The van der Waals surface area contributed by atoms with Crippen molar-refractivity contribution in [2.75, 3.05) is 44.2 Å². The average molecular weight is 457 g/mol. The summed E-state index contributed by atoms with van der Waals surface area (Å²) in [6, 6.07) is 2.70. The Hall–Kier alpha value is -2.85. The Balaban J connectivity index is 1.41. The van der Waals surface area contributed by atoms with E-state index >= 15 is 4.39 Å². The van der Waals surface area contributed by atoms with Gasteiger partial charge in [0.25, 0.3) is 11.5 Å². The molecule has 4 heterocycles. The Labute approximate surface area is 190 Å². The third-order valence-electron chi connectivity index (χ3n) is 7.16. The number of aromatic nitrogens is 2. The number of hydrogen-bond donors (Lipinski definition) is 2. The van der Waals surface area contributed by atoms with E-state index in [2.05, 4.69) is 20.6 Å². The van der Waals surface area contributed by atoms with Crippen LogP contribution < -0.4 is 21.1 Å². The Bertz CT molecular complexity index is 1150. The maximum Gasteiger partial charge on any atom is 0.275 e. The Kier molecular flexibility index (Phi) is 5.88. The van der Waals surface area contributed by atoms with Crippen molar-refractivity contribution >= 4 is 28.3 Å². The third kappa shape index (κ3) is 4.13. The van der Waals surface area contributed by atoms with E-state index in [0.717, 1.165) is 56.8 Å². The molecule has 0 saturated carbocycles. The van der Waals surface area contributed by atoms with Gasteiger partial charge >= 0.3 is 0 Å². The van der Waals surface area contributed by atoms with Gasteiger partial charge in [0.05, 0.1) is 16.8 Å². The van der Waals surface area contributed by atoms with Crippen molar-refractivity contribution in [1.29, 1.82) is 0 Å². The second-order valence-electron chi connectivity index (χ2n) is 9.16. The number of piperazine rings is 1. The lowest BCUT2D eigenvalue weighted by Crippen LogP contribution is -2.53. The van der Waals surface area contributed by atoms with Crippen LogP contribution in [0.3, 0.4) is 0 Å². The standard InChI is InChI=1S/C23H29FN6O3/c1-14-16-13-20(29-10-8-28(9-11-29)15-4-6-25-7-5-15)18(24)12-17(16)23(33)30(27-14)19-2-3-21(31)26-22(19)32/h12-13,15,19,25H,2-11H2,1H3,(H,26,31,32). The SMILES string of the molecule is Cc1nn(C2CCC(=O)NC2=O)c(=O)c2cc(F)c(N3CCN(C4CCNCC4)CC3)cc12. The van der Waals surface area contributed by atoms with Crippen LogP contribution in [0.25, 0.3) is 10.8 Å². The van der Waals surface area contributed by atoms with Gasteiger partial charge in [-0.15, -0.1) is 0 Å². The first kappa shape index (κ1) is 22.0. The number of carbonyl (C=O) groups is 2. The molecule has 1 unspecified atom stereocenters. The normalized spacial score (nSPS) is 23.2. The summed E-state index contributed by atoms with van der Waals surface area (Å²) in [5.74, 6) is -1.36. The molecule has 3 aliphatic rings. The summed E-state index contributed by atoms with van der Waals surface area (Å²) >= 11 is 0. The minimum absolute atomic E-state index is 0.137. The molecule has 1 aromatic carbocycles. The molecule has 1 aromatic heterocycles. The van der Waals surface area contributed by atoms with Gasteiger partial charge in [-0.2, -0.15) is 5.10 Å². The van der Waals surface area contributed by atoms with Crippen LogP contribution in [0.5, 0.6) is 0 Å². The van der Waals surface area contributed by atoms with Crippen LogP contribution in [-0.4, -0.2) is 71.8 Å². The van der Waals surface area contributed by atoms with Gasteiger partial charge in [-0.1, -0.05) is 0 Å². The van der Waals surface area contributed by atoms with E-state index in [4.69, 9.17) is 0 Å². The minimum Gasteiger partial charge on any atom is -0.367 e. The van der Waals surface area contributed by atoms with Crippen LogP contribution in [0.1, 0.15) is 37.4 Å². The van der Waals surface area contributed by atoms with E-state index in [9.17, 15) is 14.4 Å². The zero-order valence-electron chi connectivity index (χ0n) is 18.8. The van der Waals surface area contributed by atoms with E-state index in [1.54, 1.807) is 13.0 Å². The highest BCUT2D eigenvalue weighted by Crippen LogP contribution is 2.28. The fourth-order valence-corrected chi connectivity index (χ4v) is 5.29. The number of halogens is 1. The first-order valence-electron chi connectivity index (χ1n) is 11.7. The molecule has 3 aliphatic heterocycles. The van der Waals surface area contributed by atoms with Gasteiger partial charge < -0.3 is 10.2 Å². The maximum absolute atomic E-state index is 15.2. The molecule has 2 aromatic rings. The smallest absolute Gasteiger partial charge is 0.275 e. The summed E-state index contributed by atoms with van der Waals surface area (Å²) in [5.41, 5.74) is 0.505. The lowest BCUT2D eigenvalue weighted by molar-refractivity contribution is -0.136. The van der Waals surface area contributed by atoms with E-state index in [1.165, 1.54) is 6.07 Å². The van der Waals surface area contributed by atoms with Crippen LogP contribution in [0.4, 0.5) is 10.1 Å². The molecular formula is C23H29FN6O3. The molecule has 0 radical (unpaired) electrons. The van der Waals surface area contributed by atoms with Crippen LogP contribution >= 0.6 is 0 Å². The van der Waals surface area contributed by atoms with Gasteiger partial charge in [0.2, 0.25) is 5.91 Å². The van der Waals surface area contributed by atoms with Crippen molar-refractivity contribution in [2.45, 2.75) is 44.7 Å². The topological polar surface area (TPSA) is 99.6 Å². The Morgan fingerprint density at radius 3 is 2.42 bits per heavy atom. The largest absolute Gasteiger partial charge is 0.367 e. The number of amides is 2. The molecule has 5 rings (SSSR count). The van der Waals surface area contributed by atoms with Crippen molar-refractivity contribution in [3.05, 3.63) is 34.0 Å². The minimum atomic E-state index is -0.871. The summed E-state index contributed by atoms with van der Waals surface area (Å²) in [6.45, 7) is 7.08. The lowest BCUT2D eigenvalue weighted by atomic mass is 10.0. The van der Waals surface area contributed by atoms with Gasteiger partial charge in [0.15, 0.2) is 0 Å². The summed E-state index contributed by atoms with van der Waals surface area (Å²) in [5, 5.41) is 10.8. The molecule has 176 valence electrons. The summed E-state index contributed by atoms with van der Waals surface area (Å²) in [4.78, 5) is 41.4. The highest BCUT2D eigenvalue weighted by Gasteiger charge is 2.31. The number of aryl methyl sites for hydroxylation is 1. The van der Waals surface area contributed by atoms with Crippen molar-refractivity contribution < 1.29 is 14.0 Å².